The minimum atomic E-state index is -2.22. The predicted molar refractivity (Wildman–Crippen MR) is 204 cm³/mol. The third-order valence-corrected chi connectivity index (χ3v) is 17.5. The van der Waals surface area contributed by atoms with E-state index < -0.39 is 42.1 Å². The first-order valence-electron chi connectivity index (χ1n) is 19.0. The van der Waals surface area contributed by atoms with Crippen LogP contribution in [0.15, 0.2) is 17.1 Å². The molecule has 5 atom stereocenters. The van der Waals surface area contributed by atoms with Gasteiger partial charge in [0, 0.05) is 42.5 Å². The molecule has 2 aromatic rings. The van der Waals surface area contributed by atoms with Gasteiger partial charge in [0.05, 0.1) is 13.2 Å². The molecule has 0 radical (unpaired) electrons. The summed E-state index contributed by atoms with van der Waals surface area (Å²) < 4.78 is 46.0. The monoisotopic (exact) mass is 753 g/mol. The maximum atomic E-state index is 15.0. The summed E-state index contributed by atoms with van der Waals surface area (Å²) in [6.07, 6.45) is 0.231. The van der Waals surface area contributed by atoms with Gasteiger partial charge in [0.25, 0.3) is 5.91 Å². The van der Waals surface area contributed by atoms with Crippen LogP contribution >= 0.6 is 0 Å². The number of aromatic nitrogens is 1. The van der Waals surface area contributed by atoms with Crippen molar-refractivity contribution in [2.24, 2.45) is 10.9 Å². The Kier molecular flexibility index (Phi) is 8.59. The minimum absolute atomic E-state index is 0.0197. The second-order valence-electron chi connectivity index (χ2n) is 19.2. The highest BCUT2D eigenvalue weighted by Gasteiger charge is 2.74. The molecule has 1 amide bonds. The molecule has 6 aliphatic rings. The number of aliphatic imine (C=N–C) groups is 1. The molecular weight excluding hydrogens is 695 g/mol. The number of amides is 1. The maximum absolute atomic E-state index is 15.0. The predicted octanol–water partition coefficient (Wildman–Crippen LogP) is 6.98. The average molecular weight is 754 g/mol. The molecule has 1 unspecified atom stereocenters. The standard InChI is InChI=1S/C40H59N3O9Si/c1-35(2,3)51-34(45)43-29-23(15-16-25-30(29)48-21-28(38(9,10)50-25)52-53(13,14)36(4,5)6)24-19-39-26(37(7,8)31(24)43)20-40(32(41-39)47-12)27(49-22-46-11)17-18-42(40)33(39)44/h15-16,26-28H,17-22H2,1-14H3/t26-,27-,28?,39-,40+/m0/s1. The lowest BCUT2D eigenvalue weighted by molar-refractivity contribution is -0.165. The Hall–Kier alpha value is -3.13. The topological polar surface area (TPSA) is 119 Å². The van der Waals surface area contributed by atoms with Crippen LogP contribution in [0.3, 0.4) is 0 Å². The number of hydrogen-bond donors (Lipinski definition) is 0. The van der Waals surface area contributed by atoms with E-state index in [1.54, 1.807) is 18.8 Å². The molecule has 12 nitrogen and oxygen atoms in total. The molecule has 8 rings (SSSR count). The Bertz CT molecular complexity index is 1890. The van der Waals surface area contributed by atoms with E-state index in [0.717, 1.165) is 16.6 Å². The van der Waals surface area contributed by atoms with Crippen LogP contribution in [-0.2, 0) is 40.0 Å². The Labute approximate surface area is 314 Å². The highest BCUT2D eigenvalue weighted by Crippen LogP contribution is 2.62. The van der Waals surface area contributed by atoms with E-state index in [1.807, 2.05) is 51.7 Å². The Morgan fingerprint density at radius 2 is 1.75 bits per heavy atom. The second-order valence-corrected chi connectivity index (χ2v) is 24.0. The molecule has 5 aliphatic heterocycles. The second kappa shape index (κ2) is 11.9. The molecule has 0 N–H and O–H groups in total. The van der Waals surface area contributed by atoms with E-state index in [-0.39, 0.29) is 48.9 Å². The largest absolute Gasteiger partial charge is 0.485 e. The Morgan fingerprint density at radius 1 is 1.06 bits per heavy atom. The van der Waals surface area contributed by atoms with Crippen LogP contribution in [0.5, 0.6) is 11.5 Å². The molecule has 292 valence electrons. The van der Waals surface area contributed by atoms with Gasteiger partial charge in [-0.3, -0.25) is 4.79 Å². The molecule has 1 aliphatic carbocycles. The van der Waals surface area contributed by atoms with Gasteiger partial charge in [0.1, 0.15) is 41.8 Å². The first-order valence-corrected chi connectivity index (χ1v) is 21.9. The molecule has 6 heterocycles. The molecule has 1 aromatic carbocycles. The van der Waals surface area contributed by atoms with Gasteiger partial charge < -0.3 is 37.7 Å². The third-order valence-electron chi connectivity index (χ3n) is 13.0. The first-order chi connectivity index (χ1) is 24.5. The summed E-state index contributed by atoms with van der Waals surface area (Å²) in [4.78, 5) is 36.8. The van der Waals surface area contributed by atoms with Crippen molar-refractivity contribution in [3.63, 3.8) is 0 Å². The molecule has 53 heavy (non-hydrogen) atoms. The number of benzene rings is 1. The van der Waals surface area contributed by atoms with Crippen LogP contribution in [-0.4, -0.2) is 104 Å². The fourth-order valence-electron chi connectivity index (χ4n) is 9.48. The van der Waals surface area contributed by atoms with E-state index in [9.17, 15) is 9.59 Å². The zero-order chi connectivity index (χ0) is 38.9. The lowest BCUT2D eigenvalue weighted by Crippen LogP contribution is -2.78. The van der Waals surface area contributed by atoms with Gasteiger partial charge in [-0.1, -0.05) is 34.6 Å². The van der Waals surface area contributed by atoms with Crippen molar-refractivity contribution in [1.82, 2.24) is 9.47 Å². The molecular formula is C40H59N3O9Si. The Morgan fingerprint density at radius 3 is 2.38 bits per heavy atom. The van der Waals surface area contributed by atoms with Gasteiger partial charge in [-0.05, 0) is 83.3 Å². The van der Waals surface area contributed by atoms with Gasteiger partial charge >= 0.3 is 6.09 Å². The van der Waals surface area contributed by atoms with Crippen LogP contribution in [0.2, 0.25) is 18.1 Å². The molecule has 13 heteroatoms. The normalized spacial score (nSPS) is 30.0. The number of carbonyl (C=O) groups is 2. The fourth-order valence-corrected chi connectivity index (χ4v) is 10.9. The van der Waals surface area contributed by atoms with Crippen LogP contribution in [0.25, 0.3) is 10.9 Å². The average Bonchev–Trinajstić information content (AvgIpc) is 3.54. The number of hydrogen-bond acceptors (Lipinski definition) is 10. The van der Waals surface area contributed by atoms with Crippen molar-refractivity contribution in [2.75, 3.05) is 34.2 Å². The van der Waals surface area contributed by atoms with Crippen LogP contribution in [0, 0.1) is 5.92 Å². The summed E-state index contributed by atoms with van der Waals surface area (Å²) in [5.41, 5.74) is -2.07. The first kappa shape index (κ1) is 38.2. The van der Waals surface area contributed by atoms with Crippen molar-refractivity contribution in [2.45, 2.75) is 147 Å². The van der Waals surface area contributed by atoms with Gasteiger partial charge in [-0.25, -0.2) is 14.4 Å². The molecule has 2 bridgehead atoms. The van der Waals surface area contributed by atoms with E-state index >= 15 is 0 Å². The van der Waals surface area contributed by atoms with E-state index in [4.69, 9.17) is 37.8 Å². The number of nitrogens with zero attached hydrogens (tertiary/aromatic N) is 3. The lowest BCUT2D eigenvalue weighted by Gasteiger charge is -2.62. The van der Waals surface area contributed by atoms with Crippen molar-refractivity contribution >= 4 is 37.1 Å². The maximum Gasteiger partial charge on any atom is 0.419 e. The summed E-state index contributed by atoms with van der Waals surface area (Å²) in [5.74, 6) is 1.17. The van der Waals surface area contributed by atoms with Crippen molar-refractivity contribution < 1.29 is 42.4 Å². The van der Waals surface area contributed by atoms with Crippen molar-refractivity contribution in [3.05, 3.63) is 23.4 Å². The smallest absolute Gasteiger partial charge is 0.419 e. The number of piperidine rings is 1. The molecule has 0 saturated carbocycles. The summed E-state index contributed by atoms with van der Waals surface area (Å²) in [7, 11) is 0.991. The SMILES string of the molecule is COCO[C@H]1CCN2C(=O)[C@]34Cc5c(n(C(=O)OC(C)(C)C)c6c7c(ccc56)OC(C)(C)C(O[Si](C)(C)C(C)(C)C)CO7)C(C)(C)[C@@H]3C[C@]12C(OC)=N4. The van der Waals surface area contributed by atoms with Gasteiger partial charge in [0.15, 0.2) is 25.4 Å². The minimum Gasteiger partial charge on any atom is -0.485 e. The van der Waals surface area contributed by atoms with Crippen LogP contribution in [0.1, 0.15) is 93.3 Å². The number of methoxy groups -OCH3 is 2. The summed E-state index contributed by atoms with van der Waals surface area (Å²) in [6.45, 7) is 25.8. The van der Waals surface area contributed by atoms with Gasteiger partial charge in [-0.15, -0.1) is 0 Å². The van der Waals surface area contributed by atoms with Crippen molar-refractivity contribution in [3.8, 4) is 11.5 Å². The zero-order valence-corrected chi connectivity index (χ0v) is 35.1. The van der Waals surface area contributed by atoms with Crippen molar-refractivity contribution in [1.29, 1.82) is 0 Å². The quantitative estimate of drug-likeness (QED) is 0.236. The number of ether oxygens (including phenoxy) is 6. The number of fused-ring (bicyclic) bond motifs is 5. The lowest BCUT2D eigenvalue weighted by atomic mass is 9.52. The van der Waals surface area contributed by atoms with Crippen LogP contribution in [0.4, 0.5) is 4.79 Å². The molecule has 2 spiro atoms. The number of carbonyl (C=O) groups excluding carboxylic acids is 2. The third kappa shape index (κ3) is 5.41. The highest BCUT2D eigenvalue weighted by atomic mass is 28.4. The fraction of sp³-hybridized carbons (Fsp3) is 0.725. The highest BCUT2D eigenvalue weighted by molar-refractivity contribution is 6.74. The van der Waals surface area contributed by atoms with E-state index in [1.165, 1.54) is 0 Å². The molecule has 2 fully saturated rings. The Balaban J connectivity index is 1.43. The zero-order valence-electron chi connectivity index (χ0n) is 34.1. The summed E-state index contributed by atoms with van der Waals surface area (Å²) >= 11 is 0. The molecule has 1 aromatic heterocycles. The van der Waals surface area contributed by atoms with E-state index in [2.05, 4.69) is 47.7 Å². The van der Waals surface area contributed by atoms with Gasteiger partial charge in [-0.2, -0.15) is 0 Å². The van der Waals surface area contributed by atoms with Crippen LogP contribution < -0.4 is 9.47 Å². The van der Waals surface area contributed by atoms with Gasteiger partial charge in [0.2, 0.25) is 5.90 Å². The van der Waals surface area contributed by atoms with E-state index in [0.29, 0.717) is 42.3 Å². The summed E-state index contributed by atoms with van der Waals surface area (Å²) in [5, 5.41) is 0.775. The summed E-state index contributed by atoms with van der Waals surface area (Å²) in [6, 6.07) is 3.91. The molecule has 2 saturated heterocycles. The number of rotatable bonds is 5.